The Balaban J connectivity index is 3.30. The smallest absolute Gasteiger partial charge is 0.234 e. The van der Waals surface area contributed by atoms with Crippen LogP contribution >= 0.6 is 50.1 Å². The lowest BCUT2D eigenvalue weighted by Crippen LogP contribution is -1.98. The first-order valence-electron chi connectivity index (χ1n) is 3.25. The van der Waals surface area contributed by atoms with Gasteiger partial charge in [0.1, 0.15) is 8.30 Å². The van der Waals surface area contributed by atoms with Gasteiger partial charge in [0.05, 0.1) is 5.56 Å². The second-order valence-corrected chi connectivity index (χ2v) is 4.37. The molecule has 1 heterocycles. The van der Waals surface area contributed by atoms with E-state index in [4.69, 9.17) is 11.6 Å². The molecular weight excluding hydrogens is 378 g/mol. The molecule has 13 heavy (non-hydrogen) atoms. The molecule has 0 amide bonds. The third kappa shape index (κ3) is 2.73. The average molecular weight is 382 g/mol. The normalized spacial score (nSPS) is 10.9. The largest absolute Gasteiger partial charge is 0.266 e. The quantitative estimate of drug-likeness (QED) is 0.426. The molecule has 0 aliphatic rings. The van der Waals surface area contributed by atoms with Gasteiger partial charge >= 0.3 is 0 Å². The van der Waals surface area contributed by atoms with Crippen LogP contribution in [0.3, 0.4) is 0 Å². The first-order valence-corrected chi connectivity index (χ1v) is 5.65. The third-order valence-electron chi connectivity index (χ3n) is 1.43. The molecule has 0 aliphatic heterocycles. The fourth-order valence-electron chi connectivity index (χ4n) is 0.881. The van der Waals surface area contributed by atoms with E-state index in [1.807, 2.05) is 22.6 Å². The van der Waals surface area contributed by atoms with Gasteiger partial charge in [-0.1, -0.05) is 0 Å². The molecule has 0 unspecified atom stereocenters. The van der Waals surface area contributed by atoms with E-state index in [1.165, 1.54) is 0 Å². The third-order valence-corrected chi connectivity index (χ3v) is 2.87. The Labute approximate surface area is 101 Å². The van der Waals surface area contributed by atoms with E-state index in [0.717, 1.165) is 0 Å². The summed E-state index contributed by atoms with van der Waals surface area (Å²) in [5.41, 5.74) is 0.304. The number of aromatic nitrogens is 1. The van der Waals surface area contributed by atoms with Crippen LogP contribution in [-0.2, 0) is 5.88 Å². The van der Waals surface area contributed by atoms with Gasteiger partial charge in [-0.3, -0.25) is 0 Å². The first kappa shape index (κ1) is 11.6. The van der Waals surface area contributed by atoms with Gasteiger partial charge in [0.15, 0.2) is 0 Å². The van der Waals surface area contributed by atoms with E-state index in [0.29, 0.717) is 9.26 Å². The first-order chi connectivity index (χ1) is 6.06. The maximum absolute atomic E-state index is 12.5. The van der Waals surface area contributed by atoms with Crippen molar-refractivity contribution in [2.45, 2.75) is 12.3 Å². The van der Waals surface area contributed by atoms with Gasteiger partial charge in [-0.15, -0.1) is 11.6 Å². The van der Waals surface area contributed by atoms with E-state index in [9.17, 15) is 8.78 Å². The van der Waals surface area contributed by atoms with Crippen molar-refractivity contribution in [1.82, 2.24) is 4.98 Å². The Bertz CT molecular complexity index is 322. The molecule has 0 aromatic carbocycles. The number of hydrogen-bond acceptors (Lipinski definition) is 1. The molecule has 0 spiro atoms. The fourth-order valence-corrected chi connectivity index (χ4v) is 2.67. The summed E-state index contributed by atoms with van der Waals surface area (Å²) in [6.45, 7) is 0. The van der Waals surface area contributed by atoms with Crippen LogP contribution in [-0.4, -0.2) is 4.98 Å². The highest BCUT2D eigenvalue weighted by Gasteiger charge is 2.18. The maximum atomic E-state index is 12.5. The zero-order chi connectivity index (χ0) is 10.0. The molecule has 1 aromatic heterocycles. The predicted molar refractivity (Wildman–Crippen MR) is 59.2 cm³/mol. The number of nitrogens with zero attached hydrogens (tertiary/aromatic N) is 1. The lowest BCUT2D eigenvalue weighted by molar-refractivity contribution is 0.149. The molecule has 0 N–H and O–H groups in total. The molecular formula is C7H4BrClF2IN. The highest BCUT2D eigenvalue weighted by molar-refractivity contribution is 14.1. The molecule has 0 atom stereocenters. The summed E-state index contributed by atoms with van der Waals surface area (Å²) >= 11 is 10.5. The summed E-state index contributed by atoms with van der Waals surface area (Å²) in [6, 6.07) is 1.56. The molecule has 0 aliphatic carbocycles. The molecule has 1 nitrogen and oxygen atoms in total. The number of pyridine rings is 1. The van der Waals surface area contributed by atoms with Gasteiger partial charge in [-0.25, -0.2) is 13.8 Å². The molecule has 6 heteroatoms. The van der Waals surface area contributed by atoms with Gasteiger partial charge in [0.2, 0.25) is 0 Å². The Morgan fingerprint density at radius 3 is 2.69 bits per heavy atom. The minimum Gasteiger partial charge on any atom is -0.234 e. The number of alkyl halides is 3. The molecule has 1 aromatic rings. The van der Waals surface area contributed by atoms with Crippen LogP contribution in [0.2, 0.25) is 0 Å². The summed E-state index contributed by atoms with van der Waals surface area (Å²) in [4.78, 5) is 3.87. The average Bonchev–Trinajstić information content (AvgIpc) is 2.01. The van der Waals surface area contributed by atoms with Crippen LogP contribution in [0.5, 0.6) is 0 Å². The van der Waals surface area contributed by atoms with Crippen LogP contribution in [0.25, 0.3) is 0 Å². The van der Waals surface area contributed by atoms with E-state index in [-0.39, 0.29) is 16.0 Å². The molecule has 0 saturated carbocycles. The highest BCUT2D eigenvalue weighted by Crippen LogP contribution is 2.31. The maximum Gasteiger partial charge on any atom is 0.266 e. The van der Waals surface area contributed by atoms with Crippen molar-refractivity contribution in [2.24, 2.45) is 0 Å². The van der Waals surface area contributed by atoms with Gasteiger partial charge < -0.3 is 0 Å². The van der Waals surface area contributed by atoms with E-state index >= 15 is 0 Å². The number of hydrogen-bond donors (Lipinski definition) is 0. The Morgan fingerprint density at radius 2 is 2.23 bits per heavy atom. The second kappa shape index (κ2) is 4.84. The van der Waals surface area contributed by atoms with Gasteiger partial charge in [0.25, 0.3) is 6.43 Å². The van der Waals surface area contributed by atoms with E-state index in [1.54, 1.807) is 6.07 Å². The van der Waals surface area contributed by atoms with Gasteiger partial charge in [-0.2, -0.15) is 0 Å². The lowest BCUT2D eigenvalue weighted by Gasteiger charge is -2.08. The zero-order valence-electron chi connectivity index (χ0n) is 6.20. The summed E-state index contributed by atoms with van der Waals surface area (Å²) in [7, 11) is 0. The minimum atomic E-state index is -2.55. The van der Waals surface area contributed by atoms with Crippen LogP contribution in [0.4, 0.5) is 8.78 Å². The molecule has 0 fully saturated rings. The summed E-state index contributed by atoms with van der Waals surface area (Å²) in [5, 5.41) is 0. The van der Waals surface area contributed by atoms with E-state index < -0.39 is 6.43 Å². The molecule has 0 saturated heterocycles. The van der Waals surface area contributed by atoms with Gasteiger partial charge in [-0.05, 0) is 50.2 Å². The van der Waals surface area contributed by atoms with Crippen molar-refractivity contribution >= 4 is 50.1 Å². The molecule has 0 bridgehead atoms. The van der Waals surface area contributed by atoms with Crippen molar-refractivity contribution in [1.29, 1.82) is 0 Å². The summed E-state index contributed by atoms with van der Waals surface area (Å²) in [5.74, 6) is 0.0663. The highest BCUT2D eigenvalue weighted by atomic mass is 127. The van der Waals surface area contributed by atoms with Crippen molar-refractivity contribution in [3.8, 4) is 0 Å². The molecule has 1 rings (SSSR count). The SMILES string of the molecule is FC(F)c1c(CCl)cc(I)nc1Br. The Kier molecular flexibility index (Phi) is 4.31. The van der Waals surface area contributed by atoms with Crippen LogP contribution < -0.4 is 0 Å². The fraction of sp³-hybridized carbons (Fsp3) is 0.286. The summed E-state index contributed by atoms with van der Waals surface area (Å²) in [6.07, 6.45) is -2.55. The van der Waals surface area contributed by atoms with Crippen molar-refractivity contribution < 1.29 is 8.78 Å². The second-order valence-electron chi connectivity index (χ2n) is 2.24. The van der Waals surface area contributed by atoms with E-state index in [2.05, 4.69) is 20.9 Å². The lowest BCUT2D eigenvalue weighted by atomic mass is 10.2. The topological polar surface area (TPSA) is 12.9 Å². The van der Waals surface area contributed by atoms with Crippen molar-refractivity contribution in [3.63, 3.8) is 0 Å². The van der Waals surface area contributed by atoms with Crippen molar-refractivity contribution in [2.75, 3.05) is 0 Å². The number of rotatable bonds is 2. The monoisotopic (exact) mass is 381 g/mol. The van der Waals surface area contributed by atoms with Crippen LogP contribution in [0.15, 0.2) is 10.7 Å². The molecule has 72 valence electrons. The van der Waals surface area contributed by atoms with Gasteiger partial charge in [0, 0.05) is 5.88 Å². The predicted octanol–water partition coefficient (Wildman–Crippen LogP) is 4.13. The van der Waals surface area contributed by atoms with Crippen LogP contribution in [0.1, 0.15) is 17.6 Å². The Morgan fingerprint density at radius 1 is 1.62 bits per heavy atom. The Hall–Kier alpha value is 0.510. The zero-order valence-corrected chi connectivity index (χ0v) is 10.7. The minimum absolute atomic E-state index is 0.0663. The van der Waals surface area contributed by atoms with Crippen LogP contribution in [0, 0.1) is 3.70 Å². The standard InChI is InChI=1S/C7H4BrClF2IN/c8-6-5(7(10)11)3(2-9)1-4(12)13-6/h1,7H,2H2. The molecule has 0 radical (unpaired) electrons. The summed E-state index contributed by atoms with van der Waals surface area (Å²) < 4.78 is 25.8. The number of halogens is 5. The van der Waals surface area contributed by atoms with Crippen molar-refractivity contribution in [3.05, 3.63) is 25.5 Å².